The number of rotatable bonds is 5. The number of sulfonamides is 1. The first-order valence-corrected chi connectivity index (χ1v) is 10.3. The van der Waals surface area contributed by atoms with E-state index in [0.29, 0.717) is 16.9 Å². The first kappa shape index (κ1) is 19.3. The van der Waals surface area contributed by atoms with E-state index in [1.807, 2.05) is 0 Å². The lowest BCUT2D eigenvalue weighted by Gasteiger charge is -2.23. The van der Waals surface area contributed by atoms with Gasteiger partial charge in [0.25, 0.3) is 11.4 Å². The van der Waals surface area contributed by atoms with E-state index < -0.39 is 25.2 Å². The van der Waals surface area contributed by atoms with Gasteiger partial charge in [0.1, 0.15) is 0 Å². The molecule has 9 nitrogen and oxygen atoms in total. The maximum atomic E-state index is 13.1. The minimum Gasteiger partial charge on any atom is -0.258 e. The highest BCUT2D eigenvalue weighted by Gasteiger charge is 2.37. The normalized spacial score (nSPS) is 17.7. The quantitative estimate of drug-likeness (QED) is 0.548. The van der Waals surface area contributed by atoms with E-state index in [-0.39, 0.29) is 22.8 Å². The van der Waals surface area contributed by atoms with E-state index in [1.165, 1.54) is 52.5 Å². The summed E-state index contributed by atoms with van der Waals surface area (Å²) in [5, 5.41) is 21.4. The van der Waals surface area contributed by atoms with Crippen LogP contribution in [0, 0.1) is 27.2 Å². The molecule has 1 heterocycles. The molecule has 0 radical (unpaired) electrons. The summed E-state index contributed by atoms with van der Waals surface area (Å²) in [6.07, 6.45) is 0. The van der Waals surface area contributed by atoms with Gasteiger partial charge in [-0.05, 0) is 30.7 Å². The second-order valence-electron chi connectivity index (χ2n) is 5.89. The molecule has 1 saturated heterocycles. The summed E-state index contributed by atoms with van der Waals surface area (Å²) in [6.45, 7) is 1.79. The van der Waals surface area contributed by atoms with E-state index >= 15 is 0 Å². The van der Waals surface area contributed by atoms with Gasteiger partial charge in [-0.3, -0.25) is 20.2 Å². The molecule has 0 aliphatic carbocycles. The van der Waals surface area contributed by atoms with Crippen LogP contribution in [0.2, 0.25) is 0 Å². The predicted octanol–water partition coefficient (Wildman–Crippen LogP) is 3.25. The Balaban J connectivity index is 1.97. The molecule has 2 aromatic rings. The van der Waals surface area contributed by atoms with Crippen LogP contribution >= 0.6 is 11.8 Å². The molecular weight excluding hydrogens is 394 g/mol. The Kier molecular flexibility index (Phi) is 5.18. The average molecular weight is 409 g/mol. The number of nitro groups is 2. The topological polar surface area (TPSA) is 124 Å². The molecule has 0 bridgehead atoms. The Morgan fingerprint density at radius 2 is 1.74 bits per heavy atom. The van der Waals surface area contributed by atoms with Gasteiger partial charge in [0, 0.05) is 36.1 Å². The number of hydrogen-bond acceptors (Lipinski definition) is 7. The Morgan fingerprint density at radius 3 is 2.33 bits per heavy atom. The average Bonchev–Trinajstić information content (AvgIpc) is 3.12. The van der Waals surface area contributed by atoms with Crippen LogP contribution in [0.3, 0.4) is 0 Å². The fourth-order valence-electron chi connectivity index (χ4n) is 2.81. The molecule has 1 fully saturated rings. The van der Waals surface area contributed by atoms with Gasteiger partial charge >= 0.3 is 0 Å². The largest absolute Gasteiger partial charge is 0.273 e. The number of nitrogens with zero attached hydrogens (tertiary/aromatic N) is 3. The minimum absolute atomic E-state index is 0.0784. The third-order valence-corrected chi connectivity index (χ3v) is 7.48. The van der Waals surface area contributed by atoms with Crippen LogP contribution < -0.4 is 0 Å². The zero-order valence-electron chi connectivity index (χ0n) is 14.1. The van der Waals surface area contributed by atoms with E-state index in [0.717, 1.165) is 6.07 Å². The van der Waals surface area contributed by atoms with E-state index in [2.05, 4.69) is 0 Å². The van der Waals surface area contributed by atoms with Gasteiger partial charge in [-0.15, -0.1) is 11.8 Å². The molecule has 27 heavy (non-hydrogen) atoms. The van der Waals surface area contributed by atoms with E-state index in [4.69, 9.17) is 0 Å². The first-order chi connectivity index (χ1) is 12.7. The second-order valence-corrected chi connectivity index (χ2v) is 8.97. The van der Waals surface area contributed by atoms with E-state index in [9.17, 15) is 28.6 Å². The standard InChI is InChI=1S/C16H15N3O6S2/c1-11-2-7-14(10-15(11)19(22)23)27(24,25)17-8-9-26-16(17)12-3-5-13(6-4-12)18(20)21/h2-7,10,16H,8-9H2,1H3/t16-/m0/s1. The van der Waals surface area contributed by atoms with Gasteiger partial charge in [0.15, 0.2) is 0 Å². The van der Waals surface area contributed by atoms with Crippen LogP contribution in [0.4, 0.5) is 11.4 Å². The van der Waals surface area contributed by atoms with Gasteiger partial charge in [-0.2, -0.15) is 4.31 Å². The summed E-state index contributed by atoms with van der Waals surface area (Å²) >= 11 is 1.40. The summed E-state index contributed by atoms with van der Waals surface area (Å²) in [6, 6.07) is 9.55. The third-order valence-electron chi connectivity index (χ3n) is 4.22. The number of hydrogen-bond donors (Lipinski definition) is 0. The molecule has 1 aliphatic rings. The predicted molar refractivity (Wildman–Crippen MR) is 100 cm³/mol. The molecule has 0 aromatic heterocycles. The SMILES string of the molecule is Cc1ccc(S(=O)(=O)N2CCS[C@H]2c2ccc([N+](=O)[O-])cc2)cc1[N+](=O)[O-]. The maximum absolute atomic E-state index is 13.1. The van der Waals surface area contributed by atoms with Crippen molar-refractivity contribution in [2.75, 3.05) is 12.3 Å². The number of non-ortho nitro benzene ring substituents is 1. The molecule has 0 saturated carbocycles. The van der Waals surface area contributed by atoms with Gasteiger partial charge in [-0.1, -0.05) is 6.07 Å². The van der Waals surface area contributed by atoms with Gasteiger partial charge < -0.3 is 0 Å². The van der Waals surface area contributed by atoms with Crippen molar-refractivity contribution >= 4 is 33.2 Å². The lowest BCUT2D eigenvalue weighted by Crippen LogP contribution is -2.30. The van der Waals surface area contributed by atoms with Crippen LogP contribution in [0.15, 0.2) is 47.4 Å². The monoisotopic (exact) mass is 409 g/mol. The third kappa shape index (κ3) is 3.66. The van der Waals surface area contributed by atoms with Gasteiger partial charge in [0.2, 0.25) is 10.0 Å². The molecule has 0 spiro atoms. The second kappa shape index (κ2) is 7.25. The molecule has 0 amide bonds. The van der Waals surface area contributed by atoms with Crippen molar-refractivity contribution in [3.63, 3.8) is 0 Å². The molecule has 0 unspecified atom stereocenters. The maximum Gasteiger partial charge on any atom is 0.273 e. The van der Waals surface area contributed by atoms with Crippen LogP contribution in [0.25, 0.3) is 0 Å². The number of thioether (sulfide) groups is 1. The fraction of sp³-hybridized carbons (Fsp3) is 0.250. The van der Waals surface area contributed by atoms with Crippen molar-refractivity contribution in [2.45, 2.75) is 17.2 Å². The minimum atomic E-state index is -3.96. The molecule has 1 aliphatic heterocycles. The van der Waals surface area contributed by atoms with Crippen molar-refractivity contribution in [3.8, 4) is 0 Å². The molecule has 1 atom stereocenters. The highest BCUT2D eigenvalue weighted by molar-refractivity contribution is 8.01. The summed E-state index contributed by atoms with van der Waals surface area (Å²) in [5.74, 6) is 0.550. The zero-order chi connectivity index (χ0) is 19.8. The summed E-state index contributed by atoms with van der Waals surface area (Å²) in [4.78, 5) is 20.7. The van der Waals surface area contributed by atoms with Crippen LogP contribution in [-0.4, -0.2) is 34.9 Å². The smallest absolute Gasteiger partial charge is 0.258 e. The lowest BCUT2D eigenvalue weighted by atomic mass is 10.2. The fourth-order valence-corrected chi connectivity index (χ4v) is 6.07. The van der Waals surface area contributed by atoms with Crippen molar-refractivity contribution in [1.82, 2.24) is 4.31 Å². The summed E-state index contributed by atoms with van der Waals surface area (Å²) < 4.78 is 27.4. The van der Waals surface area contributed by atoms with Crippen LogP contribution in [-0.2, 0) is 10.0 Å². The molecule has 11 heteroatoms. The number of aryl methyl sites for hydroxylation is 1. The molecule has 0 N–H and O–H groups in total. The molecular formula is C16H15N3O6S2. The van der Waals surface area contributed by atoms with Gasteiger partial charge in [0.05, 0.1) is 20.1 Å². The van der Waals surface area contributed by atoms with Crippen LogP contribution in [0.1, 0.15) is 16.5 Å². The van der Waals surface area contributed by atoms with E-state index in [1.54, 1.807) is 6.92 Å². The summed E-state index contributed by atoms with van der Waals surface area (Å²) in [7, 11) is -3.96. The molecule has 142 valence electrons. The van der Waals surface area contributed by atoms with Crippen molar-refractivity contribution in [1.29, 1.82) is 0 Å². The molecule has 3 rings (SSSR count). The van der Waals surface area contributed by atoms with Crippen LogP contribution in [0.5, 0.6) is 0 Å². The zero-order valence-corrected chi connectivity index (χ0v) is 15.8. The highest BCUT2D eigenvalue weighted by atomic mass is 32.2. The summed E-state index contributed by atoms with van der Waals surface area (Å²) in [5.41, 5.74) is 0.662. The molecule has 2 aromatic carbocycles. The number of nitro benzene ring substituents is 2. The van der Waals surface area contributed by atoms with Crippen molar-refractivity contribution < 1.29 is 18.3 Å². The highest BCUT2D eigenvalue weighted by Crippen LogP contribution is 2.42. The number of benzene rings is 2. The Labute approximate surface area is 159 Å². The Bertz CT molecular complexity index is 1010. The van der Waals surface area contributed by atoms with Crippen molar-refractivity contribution in [3.05, 3.63) is 73.8 Å². The Morgan fingerprint density at radius 1 is 1.07 bits per heavy atom. The Hall–Kier alpha value is -2.50. The lowest BCUT2D eigenvalue weighted by molar-refractivity contribution is -0.385. The van der Waals surface area contributed by atoms with Gasteiger partial charge in [-0.25, -0.2) is 8.42 Å². The first-order valence-electron chi connectivity index (χ1n) is 7.84. The van der Waals surface area contributed by atoms with Crippen molar-refractivity contribution in [2.24, 2.45) is 0 Å².